The number of hydrogen-bond donors (Lipinski definition) is 2. The summed E-state index contributed by atoms with van der Waals surface area (Å²) in [5.41, 5.74) is 3.13. The average Bonchev–Trinajstić information content (AvgIpc) is 2.63. The molecule has 2 N–H and O–H groups in total. The third-order valence-corrected chi connectivity index (χ3v) is 5.94. The molecule has 0 bridgehead atoms. The van der Waals surface area contributed by atoms with E-state index in [1.165, 1.54) is 0 Å². The van der Waals surface area contributed by atoms with E-state index in [0.717, 1.165) is 13.1 Å². The highest BCUT2D eigenvalue weighted by molar-refractivity contribution is 9.10. The van der Waals surface area contributed by atoms with Crippen LogP contribution >= 0.6 is 31.9 Å². The molecule has 148 valence electrons. The Bertz CT molecular complexity index is 875. The van der Waals surface area contributed by atoms with E-state index in [9.17, 15) is 9.59 Å². The molecule has 2 aromatic carbocycles. The molecule has 0 radical (unpaired) electrons. The summed E-state index contributed by atoms with van der Waals surface area (Å²) in [7, 11) is 0. The van der Waals surface area contributed by atoms with Crippen LogP contribution in [0.25, 0.3) is 0 Å². The largest absolute Gasteiger partial charge is 0.384 e. The van der Waals surface area contributed by atoms with E-state index >= 15 is 0 Å². The van der Waals surface area contributed by atoms with E-state index in [-0.39, 0.29) is 11.6 Å². The molecule has 4 nitrogen and oxygen atoms in total. The lowest BCUT2D eigenvalue weighted by molar-refractivity contribution is 0.0979. The van der Waals surface area contributed by atoms with Crippen molar-refractivity contribution in [2.24, 2.45) is 11.8 Å². The van der Waals surface area contributed by atoms with Crippen LogP contribution in [0.5, 0.6) is 0 Å². The number of ketones is 2. The van der Waals surface area contributed by atoms with Crippen LogP contribution in [-0.2, 0) is 0 Å². The molecule has 3 rings (SSSR count). The number of fused-ring (bicyclic) bond motifs is 2. The quantitative estimate of drug-likeness (QED) is 0.421. The Morgan fingerprint density at radius 2 is 1.04 bits per heavy atom. The van der Waals surface area contributed by atoms with Gasteiger partial charge in [0.05, 0.1) is 22.3 Å². The van der Waals surface area contributed by atoms with Crippen molar-refractivity contribution in [3.8, 4) is 0 Å². The van der Waals surface area contributed by atoms with E-state index in [1.807, 2.05) is 24.3 Å². The lowest BCUT2D eigenvalue weighted by Gasteiger charge is -2.25. The van der Waals surface area contributed by atoms with Crippen LogP contribution in [0.15, 0.2) is 33.2 Å². The fraction of sp³-hybridized carbons (Fsp3) is 0.364. The molecule has 1 aliphatic carbocycles. The van der Waals surface area contributed by atoms with Crippen LogP contribution in [0.1, 0.15) is 59.5 Å². The second-order valence-electron chi connectivity index (χ2n) is 7.90. The van der Waals surface area contributed by atoms with Crippen LogP contribution in [0, 0.1) is 11.8 Å². The molecule has 0 saturated heterocycles. The molecule has 0 spiro atoms. The summed E-state index contributed by atoms with van der Waals surface area (Å²) >= 11 is 6.98. The maximum atomic E-state index is 13.5. The maximum absolute atomic E-state index is 13.5. The minimum Gasteiger partial charge on any atom is -0.384 e. The van der Waals surface area contributed by atoms with Crippen LogP contribution in [0.2, 0.25) is 0 Å². The Morgan fingerprint density at radius 3 is 1.36 bits per heavy atom. The molecule has 0 aliphatic heterocycles. The van der Waals surface area contributed by atoms with Gasteiger partial charge in [-0.25, -0.2) is 0 Å². The highest BCUT2D eigenvalue weighted by Gasteiger charge is 2.36. The third-order valence-electron chi connectivity index (χ3n) is 4.62. The van der Waals surface area contributed by atoms with Crippen LogP contribution in [0.3, 0.4) is 0 Å². The maximum Gasteiger partial charge on any atom is 0.197 e. The van der Waals surface area contributed by atoms with Gasteiger partial charge in [0.2, 0.25) is 0 Å². The Balaban J connectivity index is 2.17. The zero-order chi connectivity index (χ0) is 20.6. The van der Waals surface area contributed by atoms with Gasteiger partial charge in [-0.1, -0.05) is 59.6 Å². The van der Waals surface area contributed by atoms with Crippen molar-refractivity contribution in [2.75, 3.05) is 23.7 Å². The van der Waals surface area contributed by atoms with Crippen molar-refractivity contribution >= 4 is 54.8 Å². The first kappa shape index (κ1) is 21.1. The van der Waals surface area contributed by atoms with Gasteiger partial charge in [0.1, 0.15) is 0 Å². The van der Waals surface area contributed by atoms with Gasteiger partial charge >= 0.3 is 0 Å². The van der Waals surface area contributed by atoms with Gasteiger partial charge in [-0.2, -0.15) is 0 Å². The van der Waals surface area contributed by atoms with Gasteiger partial charge in [0, 0.05) is 33.4 Å². The van der Waals surface area contributed by atoms with Gasteiger partial charge in [-0.15, -0.1) is 0 Å². The predicted molar refractivity (Wildman–Crippen MR) is 122 cm³/mol. The van der Waals surface area contributed by atoms with Gasteiger partial charge in [0.15, 0.2) is 11.6 Å². The molecule has 28 heavy (non-hydrogen) atoms. The summed E-state index contributed by atoms with van der Waals surface area (Å²) in [6, 6.07) is 7.38. The molecule has 0 aromatic heterocycles. The zero-order valence-electron chi connectivity index (χ0n) is 16.5. The SMILES string of the molecule is CC(C)CNc1ccc(Br)c2c1C(=O)c1c(Br)ccc(NCC(C)C)c1C2=O. The van der Waals surface area contributed by atoms with Crippen molar-refractivity contribution in [3.63, 3.8) is 0 Å². The lowest BCUT2D eigenvalue weighted by atomic mass is 9.82. The predicted octanol–water partition coefficient (Wildman–Crippen LogP) is 6.12. The fourth-order valence-electron chi connectivity index (χ4n) is 3.24. The summed E-state index contributed by atoms with van der Waals surface area (Å²) in [4.78, 5) is 27.0. The van der Waals surface area contributed by atoms with E-state index in [2.05, 4.69) is 70.2 Å². The highest BCUT2D eigenvalue weighted by atomic mass is 79.9. The van der Waals surface area contributed by atoms with E-state index < -0.39 is 0 Å². The molecular weight excluding hydrogens is 484 g/mol. The van der Waals surface area contributed by atoms with Crippen LogP contribution < -0.4 is 10.6 Å². The molecule has 0 atom stereocenters. The van der Waals surface area contributed by atoms with Gasteiger partial charge < -0.3 is 10.6 Å². The highest BCUT2D eigenvalue weighted by Crippen LogP contribution is 2.41. The number of hydrogen-bond acceptors (Lipinski definition) is 4. The Morgan fingerprint density at radius 1 is 0.679 bits per heavy atom. The van der Waals surface area contributed by atoms with Crippen molar-refractivity contribution in [1.82, 2.24) is 0 Å². The van der Waals surface area contributed by atoms with Crippen molar-refractivity contribution in [2.45, 2.75) is 27.7 Å². The van der Waals surface area contributed by atoms with Gasteiger partial charge in [0.25, 0.3) is 0 Å². The first-order valence-corrected chi connectivity index (χ1v) is 11.0. The summed E-state index contributed by atoms with van der Waals surface area (Å²) in [6.07, 6.45) is 0. The second-order valence-corrected chi connectivity index (χ2v) is 9.61. The van der Waals surface area contributed by atoms with Crippen molar-refractivity contribution < 1.29 is 9.59 Å². The molecule has 1 aliphatic rings. The number of carbonyl (C=O) groups excluding carboxylic acids is 2. The minimum atomic E-state index is -0.141. The molecule has 0 fully saturated rings. The summed E-state index contributed by atoms with van der Waals surface area (Å²) < 4.78 is 1.27. The third kappa shape index (κ3) is 3.90. The number of nitrogens with one attached hydrogen (secondary N) is 2. The monoisotopic (exact) mass is 506 g/mol. The summed E-state index contributed by atoms with van der Waals surface area (Å²) in [6.45, 7) is 9.85. The first-order chi connectivity index (χ1) is 13.2. The number of benzene rings is 2. The van der Waals surface area contributed by atoms with Crippen LogP contribution in [0.4, 0.5) is 11.4 Å². The summed E-state index contributed by atoms with van der Waals surface area (Å²) in [5.74, 6) is 0.550. The van der Waals surface area contributed by atoms with Crippen molar-refractivity contribution in [3.05, 3.63) is 55.5 Å². The number of carbonyl (C=O) groups is 2. The molecule has 6 heteroatoms. The Kier molecular flexibility index (Phi) is 6.30. The number of anilines is 2. The molecular formula is C22H24Br2N2O2. The lowest BCUT2D eigenvalue weighted by Crippen LogP contribution is -2.26. The van der Waals surface area contributed by atoms with E-state index in [4.69, 9.17) is 0 Å². The number of rotatable bonds is 6. The van der Waals surface area contributed by atoms with E-state index in [0.29, 0.717) is 54.4 Å². The number of halogens is 2. The van der Waals surface area contributed by atoms with Gasteiger partial charge in [-0.05, 0) is 36.1 Å². The molecule has 0 unspecified atom stereocenters. The summed E-state index contributed by atoms with van der Waals surface area (Å²) in [5, 5.41) is 6.66. The topological polar surface area (TPSA) is 58.2 Å². The van der Waals surface area contributed by atoms with Crippen LogP contribution in [-0.4, -0.2) is 24.7 Å². The molecule has 2 aromatic rings. The van der Waals surface area contributed by atoms with E-state index in [1.54, 1.807) is 0 Å². The Hall–Kier alpha value is -1.66. The Labute approximate surface area is 182 Å². The average molecular weight is 508 g/mol. The molecule has 0 heterocycles. The molecule has 0 saturated carbocycles. The second kappa shape index (κ2) is 8.37. The standard InChI is InChI=1S/C22H24Br2N2O2/c1-11(2)9-25-15-7-5-13(23)17-19(15)21(27)18-14(24)6-8-16(20(18)22(17)28)26-10-12(3)4/h5-8,11-12,25-26H,9-10H2,1-4H3. The smallest absolute Gasteiger partial charge is 0.197 e. The first-order valence-electron chi connectivity index (χ1n) is 9.44. The molecule has 0 amide bonds. The minimum absolute atomic E-state index is 0.141. The fourth-order valence-corrected chi connectivity index (χ4v) is 4.26. The normalized spacial score (nSPS) is 13.0. The van der Waals surface area contributed by atoms with Gasteiger partial charge in [-0.3, -0.25) is 9.59 Å². The van der Waals surface area contributed by atoms with Crippen molar-refractivity contribution in [1.29, 1.82) is 0 Å². The zero-order valence-corrected chi connectivity index (χ0v) is 19.6.